The fourth-order valence-electron chi connectivity index (χ4n) is 1.82. The highest BCUT2D eigenvalue weighted by molar-refractivity contribution is 5.85. The Labute approximate surface area is 331 Å². The van der Waals surface area contributed by atoms with E-state index in [9.17, 15) is 62.3 Å². The number of carboxylic acid groups (broad SMARTS) is 7. The fourth-order valence-corrected chi connectivity index (χ4v) is 1.82. The molecule has 342 valence electrons. The van der Waals surface area contributed by atoms with Crippen LogP contribution in [0, 0.1) is 0 Å². The lowest BCUT2D eigenvalue weighted by molar-refractivity contribution is -0.140. The maximum Gasteiger partial charge on any atom is 0.321 e. The summed E-state index contributed by atoms with van der Waals surface area (Å²) >= 11 is 0. The van der Waals surface area contributed by atoms with E-state index in [0.29, 0.717) is 0 Å². The van der Waals surface area contributed by atoms with Crippen molar-refractivity contribution < 1.29 is 98.1 Å². The summed E-state index contributed by atoms with van der Waals surface area (Å²) in [6, 6.07) is -6.99. The second kappa shape index (κ2) is 39.1. The van der Waals surface area contributed by atoms with Gasteiger partial charge in [-0.2, -0.15) is 0 Å². The molecule has 33 N–H and O–H groups in total. The maximum atomic E-state index is 9.99. The molecule has 33 nitrogen and oxygen atoms in total. The van der Waals surface area contributed by atoms with Crippen molar-refractivity contribution in [3.63, 3.8) is 0 Å². The molecule has 0 saturated heterocycles. The minimum atomic E-state index is -1.21. The van der Waals surface area contributed by atoms with Gasteiger partial charge in [-0.05, 0) is 0 Å². The van der Waals surface area contributed by atoms with E-state index in [0.717, 1.165) is 0 Å². The Morgan fingerprint density at radius 1 is 0.288 bits per heavy atom. The predicted molar refractivity (Wildman–Crippen MR) is 193 cm³/mol. The van der Waals surface area contributed by atoms with E-state index in [1.807, 2.05) is 0 Å². The van der Waals surface area contributed by atoms with Crippen LogP contribution in [0.15, 0.2) is 0 Å². The molecule has 0 aliphatic carbocycles. The highest BCUT2D eigenvalue weighted by atomic mass is 16.4. The largest absolute Gasteiger partial charge is 0.480 e. The average Bonchev–Trinajstić information content (AvgIpc) is 3.04. The van der Waals surface area contributed by atoms with Crippen LogP contribution in [0.3, 0.4) is 0 Å². The Hall–Kier alpha value is -7.17. The molecule has 0 aliphatic rings. The number of nitrogens with two attached hydrogens (primary N) is 13. The number of carboxylic acids is 7. The maximum absolute atomic E-state index is 9.99. The summed E-state index contributed by atoms with van der Waals surface area (Å²) in [6.45, 7) is -0.278. The van der Waals surface area contributed by atoms with Gasteiger partial charge in [-0.15, -0.1) is 0 Å². The Balaban J connectivity index is -0.000000108. The molecule has 6 amide bonds. The quantitative estimate of drug-likeness (QED) is 0.0573. The van der Waals surface area contributed by atoms with Crippen LogP contribution in [0.5, 0.6) is 0 Å². The van der Waals surface area contributed by atoms with Crippen LogP contribution in [0.2, 0.25) is 0 Å². The van der Waals surface area contributed by atoms with Crippen molar-refractivity contribution in [2.75, 3.05) is 6.54 Å². The molecule has 0 radical (unpaired) electrons. The number of primary amides is 6. The zero-order valence-electron chi connectivity index (χ0n) is 30.9. The first-order valence-electron chi connectivity index (χ1n) is 15.0. The van der Waals surface area contributed by atoms with Gasteiger partial charge < -0.3 is 110 Å². The third-order valence-electron chi connectivity index (χ3n) is 4.60. The number of carbonyl (C=O) groups excluding carboxylic acids is 6. The molecule has 0 bridgehead atoms. The molecule has 59 heavy (non-hydrogen) atoms. The number of hydrogen-bond acceptors (Lipinski definition) is 20. The molecule has 0 aromatic carbocycles. The number of amides is 6. The predicted octanol–water partition coefficient (Wildman–Crippen LogP) is -11.3. The summed E-state index contributed by atoms with van der Waals surface area (Å²) in [5.41, 5.74) is 62.0. The Bertz CT molecular complexity index is 1170. The monoisotopic (exact) mass is 867 g/mol. The minimum absolute atomic E-state index is 0.278. The SMILES string of the molecule is NC(=O)CC(N)C(=O)O.NC(=O)CC(N)C(=O)O.NC(=O)CC(N)C(=O)O.NC(=O)CC(N)C(=O)O.NC(=O)CC(N)C(=O)O.NC(=O)CC(N)C(=O)O.NCC(=O)O. The molecule has 0 heterocycles. The lowest BCUT2D eigenvalue weighted by Gasteiger charge is -1.99. The first-order valence-corrected chi connectivity index (χ1v) is 15.0. The van der Waals surface area contributed by atoms with Crippen molar-refractivity contribution in [2.45, 2.75) is 74.8 Å². The van der Waals surface area contributed by atoms with E-state index in [1.54, 1.807) is 0 Å². The third kappa shape index (κ3) is 66.1. The molecule has 33 heteroatoms. The third-order valence-corrected chi connectivity index (χ3v) is 4.60. The first-order chi connectivity index (χ1) is 26.5. The lowest BCUT2D eigenvalue weighted by Crippen LogP contribution is -2.34. The first kappa shape index (κ1) is 66.6. The van der Waals surface area contributed by atoms with Crippen molar-refractivity contribution in [1.82, 2.24) is 0 Å². The topological polar surface area (TPSA) is 702 Å². The zero-order valence-corrected chi connectivity index (χ0v) is 30.9. The molecule has 0 spiro atoms. The molecule has 0 aromatic heterocycles. The van der Waals surface area contributed by atoms with Crippen molar-refractivity contribution in [3.8, 4) is 0 Å². The van der Waals surface area contributed by atoms with Crippen LogP contribution in [-0.4, -0.2) is 156 Å². The molecule has 0 aliphatic heterocycles. The van der Waals surface area contributed by atoms with Crippen LogP contribution >= 0.6 is 0 Å². The normalized spacial score (nSPS) is 12.1. The van der Waals surface area contributed by atoms with Gasteiger partial charge in [0.05, 0.1) is 45.1 Å². The van der Waals surface area contributed by atoms with Gasteiger partial charge in [0.2, 0.25) is 35.4 Å². The Morgan fingerprint density at radius 3 is 0.390 bits per heavy atom. The van der Waals surface area contributed by atoms with E-state index in [4.69, 9.17) is 70.1 Å². The molecule has 0 fully saturated rings. The minimum Gasteiger partial charge on any atom is -0.480 e. The smallest absolute Gasteiger partial charge is 0.321 e. The zero-order chi connectivity index (χ0) is 48.9. The van der Waals surface area contributed by atoms with Crippen LogP contribution in [-0.2, 0) is 62.3 Å². The highest BCUT2D eigenvalue weighted by Gasteiger charge is 2.16. The van der Waals surface area contributed by atoms with Gasteiger partial charge in [0.25, 0.3) is 0 Å². The number of hydrogen-bond donors (Lipinski definition) is 20. The van der Waals surface area contributed by atoms with Crippen LogP contribution in [0.4, 0.5) is 0 Å². The molecular formula is C26H53N13O20. The van der Waals surface area contributed by atoms with Gasteiger partial charge in [-0.1, -0.05) is 0 Å². The summed E-state index contributed by atoms with van der Waals surface area (Å²) in [6.07, 6.45) is -1.86. The van der Waals surface area contributed by atoms with E-state index in [1.165, 1.54) is 0 Å². The lowest BCUT2D eigenvalue weighted by atomic mass is 10.2. The summed E-state index contributed by atoms with van der Waals surface area (Å²) in [7, 11) is 0. The van der Waals surface area contributed by atoms with Crippen molar-refractivity contribution in [3.05, 3.63) is 0 Å². The standard InChI is InChI=1S/6C4H8N2O3.C2H5NO2/c6*5-2(4(8)9)1-3(6)7;3-1-2(4)5/h6*2H,1,5H2,(H2,6,7)(H,8,9);1,3H2,(H,4,5). The number of carbonyl (C=O) groups is 13. The average molecular weight is 868 g/mol. The van der Waals surface area contributed by atoms with Crippen molar-refractivity contribution >= 4 is 77.2 Å². The molecule has 6 atom stereocenters. The van der Waals surface area contributed by atoms with E-state index in [2.05, 4.69) is 40.1 Å². The molecule has 0 aromatic rings. The van der Waals surface area contributed by atoms with Gasteiger partial charge in [0.15, 0.2) is 0 Å². The number of aliphatic carboxylic acids is 7. The second-order valence-corrected chi connectivity index (χ2v) is 10.3. The summed E-state index contributed by atoms with van der Waals surface area (Å²) in [5, 5.41) is 56.2. The summed E-state index contributed by atoms with van der Waals surface area (Å²) in [5.74, 6) is -12.5. The van der Waals surface area contributed by atoms with E-state index in [-0.39, 0.29) is 45.1 Å². The van der Waals surface area contributed by atoms with Crippen LogP contribution in [0.1, 0.15) is 38.5 Å². The van der Waals surface area contributed by atoms with Crippen LogP contribution < -0.4 is 74.5 Å². The van der Waals surface area contributed by atoms with Gasteiger partial charge in [-0.3, -0.25) is 62.3 Å². The van der Waals surface area contributed by atoms with Gasteiger partial charge >= 0.3 is 41.8 Å². The van der Waals surface area contributed by atoms with E-state index < -0.39 is 113 Å². The fraction of sp³-hybridized carbons (Fsp3) is 0.500. The van der Waals surface area contributed by atoms with E-state index >= 15 is 0 Å². The summed E-state index contributed by atoms with van der Waals surface area (Å²) < 4.78 is 0. The number of rotatable bonds is 19. The van der Waals surface area contributed by atoms with Crippen molar-refractivity contribution in [2.24, 2.45) is 74.5 Å². The van der Waals surface area contributed by atoms with Crippen molar-refractivity contribution in [1.29, 1.82) is 0 Å². The van der Waals surface area contributed by atoms with Crippen LogP contribution in [0.25, 0.3) is 0 Å². The molecule has 6 unspecified atom stereocenters. The molecule has 0 saturated carbocycles. The Kier molecular flexibility index (Phi) is 44.1. The van der Waals surface area contributed by atoms with Gasteiger partial charge in [-0.25, -0.2) is 0 Å². The van der Waals surface area contributed by atoms with Gasteiger partial charge in [0, 0.05) is 0 Å². The highest BCUT2D eigenvalue weighted by Crippen LogP contribution is 1.87. The summed E-state index contributed by atoms with van der Waals surface area (Å²) in [4.78, 5) is 129. The molecule has 0 rings (SSSR count). The second-order valence-electron chi connectivity index (χ2n) is 10.3. The Morgan fingerprint density at radius 2 is 0.373 bits per heavy atom. The molecular weight excluding hydrogens is 814 g/mol. The van der Waals surface area contributed by atoms with Gasteiger partial charge in [0.1, 0.15) is 36.3 Å².